The highest BCUT2D eigenvalue weighted by atomic mass is 35.5. The molecule has 0 bridgehead atoms. The van der Waals surface area contributed by atoms with Gasteiger partial charge in [0.1, 0.15) is 9.96 Å². The Kier molecular flexibility index (Phi) is 5.28. The van der Waals surface area contributed by atoms with Crippen LogP contribution in [0.15, 0.2) is 64.2 Å². The summed E-state index contributed by atoms with van der Waals surface area (Å²) >= 11 is 7.16. The van der Waals surface area contributed by atoms with Crippen molar-refractivity contribution in [2.45, 2.75) is 16.5 Å². The number of para-hydroxylation sites is 1. The summed E-state index contributed by atoms with van der Waals surface area (Å²) in [7, 11) is -4.30. The minimum atomic E-state index is -4.30. The van der Waals surface area contributed by atoms with Crippen molar-refractivity contribution in [2.24, 2.45) is 5.73 Å². The first-order chi connectivity index (χ1) is 14.8. The molecule has 0 radical (unpaired) electrons. The first kappa shape index (κ1) is 21.4. The van der Waals surface area contributed by atoms with Crippen molar-refractivity contribution in [3.8, 4) is 5.75 Å². The summed E-state index contributed by atoms with van der Waals surface area (Å²) in [6.45, 7) is 2.02. The number of anilines is 1. The standard InChI is InChI=1S/C21H17ClN2O5S2/c1-2-29-17-7-4-3-6-14(17)21(19(23)25)15-12-13(22)9-10-16(15)24(20(21)26)31(27,28)18-8-5-11-30-18/h3-12H,2H2,1H3,(H2,23,25). The maximum atomic E-state index is 13.9. The number of rotatable bonds is 6. The Hall–Kier alpha value is -2.88. The fourth-order valence-corrected chi connectivity index (χ4v) is 6.49. The van der Waals surface area contributed by atoms with E-state index in [0.29, 0.717) is 4.31 Å². The van der Waals surface area contributed by atoms with Crippen LogP contribution in [0.2, 0.25) is 5.02 Å². The van der Waals surface area contributed by atoms with Crippen LogP contribution in [0, 0.1) is 0 Å². The summed E-state index contributed by atoms with van der Waals surface area (Å²) in [5.74, 6) is -1.78. The van der Waals surface area contributed by atoms with E-state index in [-0.39, 0.29) is 38.4 Å². The number of thiophene rings is 1. The number of halogens is 1. The van der Waals surface area contributed by atoms with Crippen molar-refractivity contribution in [1.29, 1.82) is 0 Å². The van der Waals surface area contributed by atoms with Gasteiger partial charge in [0, 0.05) is 16.1 Å². The van der Waals surface area contributed by atoms with Gasteiger partial charge in [-0.3, -0.25) is 9.59 Å². The number of amides is 2. The molecule has 2 aromatic carbocycles. The number of benzene rings is 2. The molecule has 0 saturated heterocycles. The maximum Gasteiger partial charge on any atom is 0.280 e. The van der Waals surface area contributed by atoms with Crippen molar-refractivity contribution in [3.05, 3.63) is 76.1 Å². The molecule has 2 N–H and O–H groups in total. The van der Waals surface area contributed by atoms with Gasteiger partial charge in [0.25, 0.3) is 15.9 Å². The normalized spacial score (nSPS) is 18.1. The highest BCUT2D eigenvalue weighted by Crippen LogP contribution is 2.51. The van der Waals surface area contributed by atoms with E-state index >= 15 is 0 Å². The van der Waals surface area contributed by atoms with E-state index in [0.717, 1.165) is 11.3 Å². The third-order valence-corrected chi connectivity index (χ3v) is 8.34. The molecule has 10 heteroatoms. The zero-order chi connectivity index (χ0) is 22.4. The van der Waals surface area contributed by atoms with Crippen molar-refractivity contribution in [3.63, 3.8) is 0 Å². The molecule has 0 fully saturated rings. The summed E-state index contributed by atoms with van der Waals surface area (Å²) in [5.41, 5.74) is 3.97. The highest BCUT2D eigenvalue weighted by molar-refractivity contribution is 7.95. The van der Waals surface area contributed by atoms with E-state index in [4.69, 9.17) is 22.1 Å². The number of nitrogens with two attached hydrogens (primary N) is 1. The van der Waals surface area contributed by atoms with Crippen LogP contribution in [-0.4, -0.2) is 26.8 Å². The molecule has 1 aliphatic rings. The predicted molar refractivity (Wildman–Crippen MR) is 118 cm³/mol. The second-order valence-electron chi connectivity index (χ2n) is 6.71. The quantitative estimate of drug-likeness (QED) is 0.549. The van der Waals surface area contributed by atoms with Gasteiger partial charge in [0.2, 0.25) is 5.91 Å². The SMILES string of the molecule is CCOc1ccccc1C1(C(N)=O)C(=O)N(S(=O)(=O)c2cccs2)c2ccc(Cl)cc21. The molecular weight excluding hydrogens is 460 g/mol. The lowest BCUT2D eigenvalue weighted by atomic mass is 9.74. The number of primary amides is 1. The van der Waals surface area contributed by atoms with Gasteiger partial charge in [0.15, 0.2) is 5.41 Å². The summed E-state index contributed by atoms with van der Waals surface area (Å²) in [5, 5.41) is 1.81. The van der Waals surface area contributed by atoms with Crippen LogP contribution >= 0.6 is 22.9 Å². The topological polar surface area (TPSA) is 107 Å². The number of ether oxygens (including phenoxy) is 1. The summed E-state index contributed by atoms with van der Waals surface area (Å²) in [4.78, 5) is 26.9. The van der Waals surface area contributed by atoms with Crippen LogP contribution < -0.4 is 14.8 Å². The Balaban J connectivity index is 2.08. The summed E-state index contributed by atoms with van der Waals surface area (Å²) in [6.07, 6.45) is 0. The number of carbonyl (C=O) groups is 2. The largest absolute Gasteiger partial charge is 0.494 e. The fraction of sp³-hybridized carbons (Fsp3) is 0.143. The van der Waals surface area contributed by atoms with Crippen LogP contribution in [0.5, 0.6) is 5.75 Å². The number of nitrogens with zero attached hydrogens (tertiary/aromatic N) is 1. The Morgan fingerprint density at radius 2 is 1.90 bits per heavy atom. The maximum absolute atomic E-state index is 13.9. The summed E-state index contributed by atoms with van der Waals surface area (Å²) < 4.78 is 33.1. The van der Waals surface area contributed by atoms with Crippen LogP contribution in [0.1, 0.15) is 18.1 Å². The van der Waals surface area contributed by atoms with E-state index in [1.165, 1.54) is 30.3 Å². The lowest BCUT2D eigenvalue weighted by molar-refractivity contribution is -0.131. The molecule has 1 atom stereocenters. The lowest BCUT2D eigenvalue weighted by Gasteiger charge is -2.27. The van der Waals surface area contributed by atoms with Crippen LogP contribution in [-0.2, 0) is 25.0 Å². The third kappa shape index (κ3) is 3.03. The molecule has 31 heavy (non-hydrogen) atoms. The van der Waals surface area contributed by atoms with Crippen molar-refractivity contribution in [1.82, 2.24) is 0 Å². The van der Waals surface area contributed by atoms with Gasteiger partial charge < -0.3 is 10.5 Å². The molecule has 2 heterocycles. The molecule has 2 amide bonds. The molecule has 0 spiro atoms. The van der Waals surface area contributed by atoms with E-state index in [1.54, 1.807) is 36.6 Å². The number of hydrogen-bond donors (Lipinski definition) is 1. The third-order valence-electron chi connectivity index (χ3n) is 5.04. The molecule has 160 valence electrons. The Bertz CT molecular complexity index is 1290. The van der Waals surface area contributed by atoms with Crippen molar-refractivity contribution >= 4 is 50.5 Å². The van der Waals surface area contributed by atoms with Gasteiger partial charge >= 0.3 is 0 Å². The van der Waals surface area contributed by atoms with E-state index in [9.17, 15) is 18.0 Å². The molecule has 4 rings (SSSR count). The van der Waals surface area contributed by atoms with Gasteiger partial charge in [-0.05, 0) is 42.6 Å². The second-order valence-corrected chi connectivity index (χ2v) is 10.1. The van der Waals surface area contributed by atoms with Gasteiger partial charge in [-0.1, -0.05) is 35.9 Å². The fourth-order valence-electron chi connectivity index (χ4n) is 3.79. The van der Waals surface area contributed by atoms with Crippen LogP contribution in [0.4, 0.5) is 5.69 Å². The summed E-state index contributed by atoms with van der Waals surface area (Å²) in [6, 6.07) is 13.6. The van der Waals surface area contributed by atoms with Gasteiger partial charge in [0.05, 0.1) is 12.3 Å². The number of hydrogen-bond acceptors (Lipinski definition) is 6. The van der Waals surface area contributed by atoms with Crippen LogP contribution in [0.3, 0.4) is 0 Å². The Morgan fingerprint density at radius 1 is 1.16 bits per heavy atom. The van der Waals surface area contributed by atoms with E-state index in [2.05, 4.69) is 0 Å². The first-order valence-corrected chi connectivity index (χ1v) is 11.9. The molecule has 7 nitrogen and oxygen atoms in total. The molecule has 0 saturated carbocycles. The zero-order valence-electron chi connectivity index (χ0n) is 16.2. The van der Waals surface area contributed by atoms with E-state index in [1.807, 2.05) is 0 Å². The molecule has 0 aliphatic carbocycles. The lowest BCUT2D eigenvalue weighted by Crippen LogP contribution is -2.51. The molecule has 3 aromatic rings. The van der Waals surface area contributed by atoms with E-state index < -0.39 is 27.3 Å². The van der Waals surface area contributed by atoms with Gasteiger partial charge in [-0.15, -0.1) is 11.3 Å². The monoisotopic (exact) mass is 476 g/mol. The minimum Gasteiger partial charge on any atom is -0.494 e. The van der Waals surface area contributed by atoms with Crippen LogP contribution in [0.25, 0.3) is 0 Å². The Morgan fingerprint density at radius 3 is 2.55 bits per heavy atom. The molecule has 1 aliphatic heterocycles. The van der Waals surface area contributed by atoms with Gasteiger partial charge in [-0.2, -0.15) is 8.42 Å². The minimum absolute atomic E-state index is 0.0212. The average molecular weight is 477 g/mol. The molecular formula is C21H17ClN2O5S2. The predicted octanol–water partition coefficient (Wildman–Crippen LogP) is 3.31. The zero-order valence-corrected chi connectivity index (χ0v) is 18.6. The Labute approximate surface area is 188 Å². The smallest absolute Gasteiger partial charge is 0.280 e. The highest BCUT2D eigenvalue weighted by Gasteiger charge is 2.61. The first-order valence-electron chi connectivity index (χ1n) is 9.21. The molecule has 1 unspecified atom stereocenters. The van der Waals surface area contributed by atoms with Crippen molar-refractivity contribution in [2.75, 3.05) is 10.9 Å². The van der Waals surface area contributed by atoms with Crippen molar-refractivity contribution < 1.29 is 22.7 Å². The molecule has 1 aromatic heterocycles. The second kappa shape index (κ2) is 7.67. The van der Waals surface area contributed by atoms with Gasteiger partial charge in [-0.25, -0.2) is 4.31 Å². The number of sulfonamides is 1. The number of fused-ring (bicyclic) bond motifs is 1. The number of carbonyl (C=O) groups excluding carboxylic acids is 2. The average Bonchev–Trinajstić information content (AvgIpc) is 3.34.